The molecule has 0 aromatic heterocycles. The normalized spacial score (nSPS) is 12.7. The van der Waals surface area contributed by atoms with Crippen LogP contribution in [0.25, 0.3) is 5.57 Å². The monoisotopic (exact) mass is 363 g/mol. The number of carbonyl (C=O) groups is 1. The van der Waals surface area contributed by atoms with Crippen LogP contribution in [0.2, 0.25) is 0 Å². The van der Waals surface area contributed by atoms with Crippen molar-refractivity contribution in [3.05, 3.63) is 46.0 Å². The topological polar surface area (TPSA) is 69.4 Å². The number of nitro benzene ring substituents is 1. The number of benzene rings is 1. The zero-order valence-electron chi connectivity index (χ0n) is 17.2. The Morgan fingerprint density at radius 2 is 1.73 bits per heavy atom. The van der Waals surface area contributed by atoms with E-state index in [-0.39, 0.29) is 28.1 Å². The lowest BCUT2D eigenvalue weighted by molar-refractivity contribution is -0.384. The number of rotatable bonds is 6. The molecule has 1 rings (SSSR count). The summed E-state index contributed by atoms with van der Waals surface area (Å²) in [4.78, 5) is 21.3. The van der Waals surface area contributed by atoms with Crippen LogP contribution in [0.1, 0.15) is 73.3 Å². The largest absolute Gasteiger partial charge is 0.460 e. The summed E-state index contributed by atoms with van der Waals surface area (Å²) in [6.07, 6.45) is 4.93. The lowest BCUT2D eigenvalue weighted by Crippen LogP contribution is -2.27. The summed E-state index contributed by atoms with van der Waals surface area (Å²) >= 11 is 0. The maximum atomic E-state index is 11.2. The molecule has 0 aliphatic heterocycles. The molecular formula is C21H33NO4. The first-order chi connectivity index (χ1) is 12.1. The lowest BCUT2D eigenvalue weighted by atomic mass is 10.0. The van der Waals surface area contributed by atoms with Gasteiger partial charge in [-0.05, 0) is 63.3 Å². The third-order valence-electron chi connectivity index (χ3n) is 3.70. The highest BCUT2D eigenvalue weighted by Gasteiger charge is 2.19. The summed E-state index contributed by atoms with van der Waals surface area (Å²) in [5.74, 6) is -0.0748. The quantitative estimate of drug-likeness (QED) is 0.344. The third kappa shape index (κ3) is 9.35. The molecule has 0 amide bonds. The van der Waals surface area contributed by atoms with E-state index < -0.39 is 0 Å². The lowest BCUT2D eigenvalue weighted by Gasteiger charge is -2.21. The summed E-state index contributed by atoms with van der Waals surface area (Å²) in [6.45, 7) is 13.7. The molecule has 0 saturated heterocycles. The average molecular weight is 363 g/mol. The minimum absolute atomic E-state index is 0.0224. The van der Waals surface area contributed by atoms with Crippen molar-refractivity contribution in [1.82, 2.24) is 0 Å². The van der Waals surface area contributed by atoms with E-state index in [2.05, 4.69) is 19.9 Å². The maximum absolute atomic E-state index is 11.2. The number of nitro groups is 1. The summed E-state index contributed by atoms with van der Waals surface area (Å²) in [5.41, 5.74) is 2.11. The van der Waals surface area contributed by atoms with Crippen molar-refractivity contribution in [2.24, 2.45) is 5.92 Å². The fraction of sp³-hybridized carbons (Fsp3) is 0.571. The van der Waals surface area contributed by atoms with Crippen molar-refractivity contribution in [3.8, 4) is 0 Å². The Morgan fingerprint density at radius 1 is 1.19 bits per heavy atom. The highest BCUT2D eigenvalue weighted by atomic mass is 16.6. The molecular weight excluding hydrogens is 330 g/mol. The van der Waals surface area contributed by atoms with Crippen LogP contribution in [0, 0.1) is 16.0 Å². The van der Waals surface area contributed by atoms with Gasteiger partial charge in [-0.25, -0.2) is 0 Å². The second-order valence-corrected chi connectivity index (χ2v) is 7.14. The van der Waals surface area contributed by atoms with Crippen LogP contribution in [0.5, 0.6) is 0 Å². The Bertz CT molecular complexity index is 597. The third-order valence-corrected chi connectivity index (χ3v) is 3.70. The fourth-order valence-corrected chi connectivity index (χ4v) is 2.08. The first kappa shape index (κ1) is 23.8. The van der Waals surface area contributed by atoms with Gasteiger partial charge in [-0.2, -0.15) is 0 Å². The number of non-ortho nitro benzene ring substituents is 1. The molecule has 1 atom stereocenters. The van der Waals surface area contributed by atoms with Crippen molar-refractivity contribution in [3.63, 3.8) is 0 Å². The molecule has 5 nitrogen and oxygen atoms in total. The Kier molecular flexibility index (Phi) is 10.5. The number of hydrogen-bond donors (Lipinski definition) is 0. The molecule has 0 N–H and O–H groups in total. The SMILES string of the molecule is CC/C=C(\CC)c1ccc([N+](=O)[O-])cc1.CCC(C)C(=O)OC(C)(C)C. The van der Waals surface area contributed by atoms with E-state index in [1.54, 1.807) is 12.1 Å². The first-order valence-corrected chi connectivity index (χ1v) is 9.22. The van der Waals surface area contributed by atoms with Gasteiger partial charge in [0.25, 0.3) is 5.69 Å². The van der Waals surface area contributed by atoms with E-state index in [4.69, 9.17) is 4.74 Å². The molecule has 0 fully saturated rings. The number of esters is 1. The highest BCUT2D eigenvalue weighted by Crippen LogP contribution is 2.21. The molecule has 0 aliphatic carbocycles. The number of ether oxygens (including phenoxy) is 1. The van der Waals surface area contributed by atoms with Crippen molar-refractivity contribution >= 4 is 17.2 Å². The van der Waals surface area contributed by atoms with E-state index in [1.165, 1.54) is 5.57 Å². The summed E-state index contributed by atoms with van der Waals surface area (Å²) < 4.78 is 5.15. The minimum atomic E-state index is -0.376. The molecule has 26 heavy (non-hydrogen) atoms. The summed E-state index contributed by atoms with van der Waals surface area (Å²) in [5, 5.41) is 10.5. The Balaban J connectivity index is 0.000000508. The number of hydrogen-bond acceptors (Lipinski definition) is 4. The van der Waals surface area contributed by atoms with Crippen LogP contribution in [-0.4, -0.2) is 16.5 Å². The predicted molar refractivity (Wildman–Crippen MR) is 107 cm³/mol. The molecule has 5 heteroatoms. The smallest absolute Gasteiger partial charge is 0.309 e. The molecule has 0 bridgehead atoms. The zero-order valence-corrected chi connectivity index (χ0v) is 17.2. The molecule has 0 radical (unpaired) electrons. The van der Waals surface area contributed by atoms with Crippen molar-refractivity contribution in [2.45, 2.75) is 73.3 Å². The van der Waals surface area contributed by atoms with Gasteiger partial charge in [-0.15, -0.1) is 0 Å². The number of nitrogens with zero attached hydrogens (tertiary/aromatic N) is 1. The molecule has 146 valence electrons. The number of carbonyl (C=O) groups excluding carboxylic acids is 1. The molecule has 0 saturated carbocycles. The average Bonchev–Trinajstić information content (AvgIpc) is 2.58. The summed E-state index contributed by atoms with van der Waals surface area (Å²) in [6, 6.07) is 6.72. The first-order valence-electron chi connectivity index (χ1n) is 9.22. The Labute approximate surface area is 157 Å². The fourth-order valence-electron chi connectivity index (χ4n) is 2.08. The van der Waals surface area contributed by atoms with Crippen LogP contribution in [0.4, 0.5) is 5.69 Å². The van der Waals surface area contributed by atoms with Crippen LogP contribution in [-0.2, 0) is 9.53 Å². The zero-order chi connectivity index (χ0) is 20.3. The maximum Gasteiger partial charge on any atom is 0.309 e. The second kappa shape index (κ2) is 11.4. The molecule has 1 aromatic carbocycles. The van der Waals surface area contributed by atoms with E-state index >= 15 is 0 Å². The number of allylic oxidation sites excluding steroid dienone is 2. The molecule has 0 spiro atoms. The van der Waals surface area contributed by atoms with Gasteiger partial charge in [0.1, 0.15) is 5.60 Å². The van der Waals surface area contributed by atoms with Crippen LogP contribution in [0.3, 0.4) is 0 Å². The molecule has 0 aliphatic rings. The van der Waals surface area contributed by atoms with Gasteiger partial charge in [0.05, 0.1) is 10.8 Å². The second-order valence-electron chi connectivity index (χ2n) is 7.14. The predicted octanol–water partition coefficient (Wildman–Crippen LogP) is 6.17. The Hall–Kier alpha value is -2.17. The van der Waals surface area contributed by atoms with Gasteiger partial charge in [0.2, 0.25) is 0 Å². The minimum Gasteiger partial charge on any atom is -0.460 e. The van der Waals surface area contributed by atoms with Crippen LogP contribution in [0.15, 0.2) is 30.3 Å². The van der Waals surface area contributed by atoms with Gasteiger partial charge in [-0.3, -0.25) is 14.9 Å². The molecule has 0 heterocycles. The van der Waals surface area contributed by atoms with Gasteiger partial charge in [-0.1, -0.05) is 33.8 Å². The Morgan fingerprint density at radius 3 is 2.08 bits per heavy atom. The van der Waals surface area contributed by atoms with Crippen molar-refractivity contribution in [2.75, 3.05) is 0 Å². The van der Waals surface area contributed by atoms with Crippen molar-refractivity contribution < 1.29 is 14.5 Å². The standard InChI is InChI=1S/C12H15NO2.C9H18O2/c1-3-5-10(4-2)11-6-8-12(9-7-11)13(14)15;1-6-7(2)8(10)11-9(3,4)5/h5-9H,3-4H2,1-2H3;7H,6H2,1-5H3/b10-5+;. The van der Waals surface area contributed by atoms with E-state index in [0.29, 0.717) is 0 Å². The van der Waals surface area contributed by atoms with E-state index in [0.717, 1.165) is 24.8 Å². The molecule has 1 unspecified atom stereocenters. The highest BCUT2D eigenvalue weighted by molar-refractivity contribution is 5.72. The van der Waals surface area contributed by atoms with E-state index in [1.807, 2.05) is 46.8 Å². The van der Waals surface area contributed by atoms with Gasteiger partial charge < -0.3 is 4.74 Å². The van der Waals surface area contributed by atoms with Gasteiger partial charge >= 0.3 is 5.97 Å². The summed E-state index contributed by atoms with van der Waals surface area (Å²) in [7, 11) is 0. The van der Waals surface area contributed by atoms with Crippen molar-refractivity contribution in [1.29, 1.82) is 0 Å². The van der Waals surface area contributed by atoms with Gasteiger partial charge in [0, 0.05) is 12.1 Å². The van der Waals surface area contributed by atoms with Gasteiger partial charge in [0.15, 0.2) is 0 Å². The van der Waals surface area contributed by atoms with E-state index in [9.17, 15) is 14.9 Å². The van der Waals surface area contributed by atoms with Crippen LogP contribution >= 0.6 is 0 Å². The van der Waals surface area contributed by atoms with Crippen LogP contribution < -0.4 is 0 Å². The molecule has 1 aromatic rings.